The Morgan fingerprint density at radius 1 is 1.29 bits per heavy atom. The van der Waals surface area contributed by atoms with E-state index in [2.05, 4.69) is 15.5 Å². The first-order chi connectivity index (χ1) is 11.6. The highest BCUT2D eigenvalue weighted by molar-refractivity contribution is 5.78. The van der Waals surface area contributed by atoms with Crippen LogP contribution >= 0.6 is 0 Å². The fraction of sp³-hybridized carbons (Fsp3) is 0.353. The van der Waals surface area contributed by atoms with Gasteiger partial charge in [0.15, 0.2) is 6.61 Å². The Bertz CT molecular complexity index is 865. The van der Waals surface area contributed by atoms with Crippen molar-refractivity contribution in [3.05, 3.63) is 41.7 Å². The summed E-state index contributed by atoms with van der Waals surface area (Å²) in [7, 11) is 1.89. The number of benzene rings is 1. The molecule has 0 bridgehead atoms. The van der Waals surface area contributed by atoms with Crippen molar-refractivity contribution in [2.75, 3.05) is 13.2 Å². The van der Waals surface area contributed by atoms with Gasteiger partial charge in [-0.2, -0.15) is 10.2 Å². The number of carbonyl (C=O) groups is 1. The largest absolute Gasteiger partial charge is 0.484 e. The summed E-state index contributed by atoms with van der Waals surface area (Å²) in [5.41, 5.74) is 3.93. The molecule has 126 valence electrons. The number of aryl methyl sites for hydroxylation is 3. The molecule has 24 heavy (non-hydrogen) atoms. The number of aromatic nitrogens is 4. The molecule has 3 rings (SSSR count). The lowest BCUT2D eigenvalue weighted by Crippen LogP contribution is -2.31. The fourth-order valence-electron chi connectivity index (χ4n) is 2.69. The van der Waals surface area contributed by atoms with Crippen molar-refractivity contribution in [1.82, 2.24) is 24.9 Å². The number of hydrogen-bond donors (Lipinski definition) is 1. The zero-order chi connectivity index (χ0) is 17.1. The molecule has 0 saturated heterocycles. The summed E-state index contributed by atoms with van der Waals surface area (Å²) < 4.78 is 9.20. The average Bonchev–Trinajstić information content (AvgIpc) is 3.09. The third-order valence-corrected chi connectivity index (χ3v) is 3.91. The van der Waals surface area contributed by atoms with Gasteiger partial charge in [-0.05, 0) is 25.5 Å². The zero-order valence-electron chi connectivity index (χ0n) is 14.1. The number of ether oxygens (including phenoxy) is 1. The minimum atomic E-state index is -0.149. The standard InChI is InChI=1S/C17H21N5O2/c1-12-6-4-5-7-15(12)24-11-16(23)18-8-9-22-17-13(2)20-21(3)14(17)10-19-22/h4-7,10H,8-9,11H2,1-3H3,(H,18,23). The molecule has 1 aromatic carbocycles. The van der Waals surface area contributed by atoms with Gasteiger partial charge < -0.3 is 10.1 Å². The van der Waals surface area contributed by atoms with E-state index in [-0.39, 0.29) is 12.5 Å². The third-order valence-electron chi connectivity index (χ3n) is 3.91. The highest BCUT2D eigenvalue weighted by atomic mass is 16.5. The predicted molar refractivity (Wildman–Crippen MR) is 90.9 cm³/mol. The molecule has 0 saturated carbocycles. The van der Waals surface area contributed by atoms with Crippen LogP contribution in [0.5, 0.6) is 5.75 Å². The Morgan fingerprint density at radius 3 is 2.88 bits per heavy atom. The van der Waals surface area contributed by atoms with Gasteiger partial charge in [-0.1, -0.05) is 18.2 Å². The molecule has 0 radical (unpaired) electrons. The van der Waals surface area contributed by atoms with Crippen molar-refractivity contribution in [3.63, 3.8) is 0 Å². The van der Waals surface area contributed by atoms with Crippen molar-refractivity contribution in [1.29, 1.82) is 0 Å². The number of nitrogens with zero attached hydrogens (tertiary/aromatic N) is 4. The Labute approximate surface area is 140 Å². The maximum atomic E-state index is 11.9. The second-order valence-corrected chi connectivity index (χ2v) is 5.71. The molecule has 3 aromatic rings. The molecule has 0 aliphatic rings. The number of nitrogens with one attached hydrogen (secondary N) is 1. The number of para-hydroxylation sites is 1. The first kappa shape index (κ1) is 16.0. The first-order valence-corrected chi connectivity index (χ1v) is 7.86. The number of hydrogen-bond acceptors (Lipinski definition) is 4. The van der Waals surface area contributed by atoms with Gasteiger partial charge in [0.25, 0.3) is 5.91 Å². The highest BCUT2D eigenvalue weighted by Crippen LogP contribution is 2.16. The fourth-order valence-corrected chi connectivity index (χ4v) is 2.69. The maximum absolute atomic E-state index is 11.9. The van der Waals surface area contributed by atoms with Crippen LogP contribution in [0.25, 0.3) is 11.0 Å². The molecule has 7 heteroatoms. The van der Waals surface area contributed by atoms with Crippen LogP contribution in [0.15, 0.2) is 30.5 Å². The van der Waals surface area contributed by atoms with Crippen molar-refractivity contribution in [2.45, 2.75) is 20.4 Å². The van der Waals surface area contributed by atoms with Crippen molar-refractivity contribution in [3.8, 4) is 5.75 Å². The molecule has 2 heterocycles. The van der Waals surface area contributed by atoms with E-state index < -0.39 is 0 Å². The zero-order valence-corrected chi connectivity index (χ0v) is 14.1. The van der Waals surface area contributed by atoms with Crippen LogP contribution in [0.4, 0.5) is 0 Å². The van der Waals surface area contributed by atoms with Gasteiger partial charge in [-0.15, -0.1) is 0 Å². The smallest absolute Gasteiger partial charge is 0.258 e. The minimum absolute atomic E-state index is 0.00525. The summed E-state index contributed by atoms with van der Waals surface area (Å²) >= 11 is 0. The van der Waals surface area contributed by atoms with Crippen molar-refractivity contribution in [2.24, 2.45) is 7.05 Å². The molecule has 0 fully saturated rings. The van der Waals surface area contributed by atoms with Gasteiger partial charge in [0.2, 0.25) is 0 Å². The minimum Gasteiger partial charge on any atom is -0.484 e. The van der Waals surface area contributed by atoms with Crippen LogP contribution in [0, 0.1) is 13.8 Å². The molecule has 2 aromatic heterocycles. The van der Waals surface area contributed by atoms with E-state index in [1.807, 2.05) is 54.5 Å². The van der Waals surface area contributed by atoms with Gasteiger partial charge >= 0.3 is 0 Å². The second-order valence-electron chi connectivity index (χ2n) is 5.71. The van der Waals surface area contributed by atoms with E-state index >= 15 is 0 Å². The molecule has 0 aliphatic carbocycles. The lowest BCUT2D eigenvalue weighted by Gasteiger charge is -2.09. The van der Waals surface area contributed by atoms with Gasteiger partial charge in [0, 0.05) is 13.6 Å². The average molecular weight is 327 g/mol. The van der Waals surface area contributed by atoms with Crippen LogP contribution in [-0.2, 0) is 18.4 Å². The Kier molecular flexibility index (Phi) is 4.50. The Balaban J connectivity index is 1.51. The number of fused-ring (bicyclic) bond motifs is 1. The number of amides is 1. The molecule has 1 N–H and O–H groups in total. The molecule has 0 unspecified atom stereocenters. The topological polar surface area (TPSA) is 74.0 Å². The second kappa shape index (κ2) is 6.74. The van der Waals surface area contributed by atoms with Gasteiger partial charge in [-0.25, -0.2) is 0 Å². The molecule has 1 amide bonds. The van der Waals surface area contributed by atoms with Gasteiger partial charge in [0.05, 0.1) is 18.4 Å². The van der Waals surface area contributed by atoms with Crippen molar-refractivity contribution >= 4 is 16.9 Å². The summed E-state index contributed by atoms with van der Waals surface area (Å²) in [5.74, 6) is 0.581. The van der Waals surface area contributed by atoms with Crippen molar-refractivity contribution < 1.29 is 9.53 Å². The van der Waals surface area contributed by atoms with Crippen LogP contribution in [-0.4, -0.2) is 38.6 Å². The van der Waals surface area contributed by atoms with Crippen LogP contribution < -0.4 is 10.1 Å². The summed E-state index contributed by atoms with van der Waals surface area (Å²) in [6.07, 6.45) is 1.79. The third kappa shape index (κ3) is 3.24. The lowest BCUT2D eigenvalue weighted by molar-refractivity contribution is -0.123. The molecule has 0 aliphatic heterocycles. The number of rotatable bonds is 6. The van der Waals surface area contributed by atoms with Crippen LogP contribution in [0.2, 0.25) is 0 Å². The van der Waals surface area contributed by atoms with E-state index in [1.54, 1.807) is 6.20 Å². The summed E-state index contributed by atoms with van der Waals surface area (Å²) in [6.45, 7) is 4.99. The van der Waals surface area contributed by atoms with Crippen LogP contribution in [0.3, 0.4) is 0 Å². The summed E-state index contributed by atoms with van der Waals surface area (Å²) in [4.78, 5) is 11.9. The lowest BCUT2D eigenvalue weighted by atomic mass is 10.2. The molecule has 7 nitrogen and oxygen atoms in total. The predicted octanol–water partition coefficient (Wildman–Crippen LogP) is 1.58. The molecular weight excluding hydrogens is 306 g/mol. The van der Waals surface area contributed by atoms with Crippen LogP contribution in [0.1, 0.15) is 11.3 Å². The summed E-state index contributed by atoms with van der Waals surface area (Å²) in [6, 6.07) is 7.63. The normalized spacial score (nSPS) is 11.0. The first-order valence-electron chi connectivity index (χ1n) is 7.86. The van der Waals surface area contributed by atoms with E-state index in [4.69, 9.17) is 4.74 Å². The Morgan fingerprint density at radius 2 is 2.08 bits per heavy atom. The monoisotopic (exact) mass is 327 g/mol. The quantitative estimate of drug-likeness (QED) is 0.746. The van der Waals surface area contributed by atoms with E-state index in [9.17, 15) is 4.79 Å². The van der Waals surface area contributed by atoms with E-state index in [0.717, 1.165) is 28.0 Å². The van der Waals surface area contributed by atoms with E-state index in [1.165, 1.54) is 0 Å². The van der Waals surface area contributed by atoms with Gasteiger partial charge in [0.1, 0.15) is 16.8 Å². The van der Waals surface area contributed by atoms with Gasteiger partial charge in [-0.3, -0.25) is 14.2 Å². The molecule has 0 spiro atoms. The Hall–Kier alpha value is -2.83. The summed E-state index contributed by atoms with van der Waals surface area (Å²) in [5, 5.41) is 11.6. The molecular formula is C17H21N5O2. The van der Waals surface area contributed by atoms with E-state index in [0.29, 0.717) is 13.1 Å². The number of carbonyl (C=O) groups excluding carboxylic acids is 1. The SMILES string of the molecule is Cc1ccccc1OCC(=O)NCCn1ncc2c1c(C)nn2C. The molecule has 0 atom stereocenters. The highest BCUT2D eigenvalue weighted by Gasteiger charge is 2.11. The maximum Gasteiger partial charge on any atom is 0.258 e.